The molecule has 0 bridgehead atoms. The molecule has 0 spiro atoms. The molecule has 1 unspecified atom stereocenters. The summed E-state index contributed by atoms with van der Waals surface area (Å²) >= 11 is 0. The fourth-order valence-corrected chi connectivity index (χ4v) is 7.98. The molecule has 55 heavy (non-hydrogen) atoms. The second-order valence-electron chi connectivity index (χ2n) is 14.5. The van der Waals surface area contributed by atoms with Crippen LogP contribution in [0, 0.1) is 0 Å². The highest BCUT2D eigenvalue weighted by Crippen LogP contribution is 2.34. The fraction of sp³-hybridized carbons (Fsp3) is 0.359. The average Bonchev–Trinajstić information content (AvgIpc) is 3.89. The third-order valence-electron chi connectivity index (χ3n) is 11.0. The van der Waals surface area contributed by atoms with Gasteiger partial charge in [0, 0.05) is 75.5 Å². The number of imidazole rings is 1. The predicted octanol–water partition coefficient (Wildman–Crippen LogP) is 3.17. The van der Waals surface area contributed by atoms with Gasteiger partial charge in [0.05, 0.1) is 48.0 Å². The lowest BCUT2D eigenvalue weighted by Gasteiger charge is -2.38. The first-order chi connectivity index (χ1) is 26.8. The minimum atomic E-state index is -0.292. The number of anilines is 4. The van der Waals surface area contributed by atoms with Crippen LogP contribution in [0.25, 0.3) is 16.9 Å². The number of nitrogens with zero attached hydrogens (tertiary/aromatic N) is 8. The summed E-state index contributed by atoms with van der Waals surface area (Å²) in [5, 5.41) is 13.3. The van der Waals surface area contributed by atoms with Crippen molar-refractivity contribution >= 4 is 52.2 Å². The third-order valence-corrected chi connectivity index (χ3v) is 11.0. The summed E-state index contributed by atoms with van der Waals surface area (Å²) in [7, 11) is 0. The normalized spacial score (nSPS) is 19.5. The van der Waals surface area contributed by atoms with Gasteiger partial charge >= 0.3 is 0 Å². The van der Waals surface area contributed by atoms with E-state index in [1.165, 1.54) is 0 Å². The number of imide groups is 1. The van der Waals surface area contributed by atoms with Crippen LogP contribution in [0.1, 0.15) is 43.2 Å². The smallest absolute Gasteiger partial charge is 0.262 e. The first-order valence-electron chi connectivity index (χ1n) is 18.7. The monoisotopic (exact) mass is 743 g/mol. The van der Waals surface area contributed by atoms with Crippen molar-refractivity contribution in [3.8, 4) is 17.0 Å². The fourth-order valence-electron chi connectivity index (χ4n) is 7.98. The van der Waals surface area contributed by atoms with Crippen LogP contribution in [0.15, 0.2) is 73.4 Å². The van der Waals surface area contributed by atoms with Crippen LogP contribution in [0.4, 0.5) is 22.9 Å². The van der Waals surface area contributed by atoms with Crippen LogP contribution in [0.2, 0.25) is 0 Å². The maximum atomic E-state index is 13.3. The Labute approximate surface area is 316 Å². The van der Waals surface area contributed by atoms with Crippen molar-refractivity contribution in [1.29, 1.82) is 0 Å². The molecule has 5 aromatic rings. The highest BCUT2D eigenvalue weighted by atomic mass is 16.5. The van der Waals surface area contributed by atoms with Crippen molar-refractivity contribution < 1.29 is 23.9 Å². The highest BCUT2D eigenvalue weighted by molar-refractivity contribution is 6.01. The summed E-state index contributed by atoms with van der Waals surface area (Å²) in [5.41, 5.74) is 5.76. The Balaban J connectivity index is 0.755. The number of aromatic nitrogens is 5. The molecule has 7 heterocycles. The Hall–Kier alpha value is -6.29. The molecule has 3 N–H and O–H groups in total. The number of hydrogen-bond donors (Lipinski definition) is 3. The van der Waals surface area contributed by atoms with Gasteiger partial charge in [0.2, 0.25) is 17.7 Å². The summed E-state index contributed by atoms with van der Waals surface area (Å²) < 4.78 is 9.46. The van der Waals surface area contributed by atoms with Gasteiger partial charge in [-0.05, 0) is 55.2 Å². The molecule has 16 heteroatoms. The van der Waals surface area contributed by atoms with E-state index in [4.69, 9.17) is 9.72 Å². The van der Waals surface area contributed by atoms with E-state index < -0.39 is 0 Å². The summed E-state index contributed by atoms with van der Waals surface area (Å²) in [6, 6.07) is 13.9. The molecule has 0 radical (unpaired) electrons. The number of hydrogen-bond acceptors (Lipinski definition) is 11. The Morgan fingerprint density at radius 1 is 0.891 bits per heavy atom. The number of carbonyl (C=O) groups is 4. The lowest BCUT2D eigenvalue weighted by atomic mass is 9.90. The van der Waals surface area contributed by atoms with Gasteiger partial charge in [0.15, 0.2) is 18.1 Å². The largest absolute Gasteiger partial charge is 0.482 e. The van der Waals surface area contributed by atoms with Crippen molar-refractivity contribution in [2.45, 2.75) is 37.6 Å². The zero-order valence-electron chi connectivity index (χ0n) is 30.2. The number of carbonyl (C=O) groups excluding carboxylic acids is 4. The van der Waals surface area contributed by atoms with E-state index in [0.717, 1.165) is 67.2 Å². The lowest BCUT2D eigenvalue weighted by Crippen LogP contribution is -2.52. The number of ether oxygens (including phenoxy) is 1. The number of piperidine rings is 2. The Kier molecular flexibility index (Phi) is 9.09. The lowest BCUT2D eigenvalue weighted by molar-refractivity contribution is -0.134. The van der Waals surface area contributed by atoms with E-state index in [9.17, 15) is 19.2 Å². The highest BCUT2D eigenvalue weighted by Gasteiger charge is 2.29. The van der Waals surface area contributed by atoms with Crippen LogP contribution >= 0.6 is 0 Å². The van der Waals surface area contributed by atoms with Crippen molar-refractivity contribution in [2.75, 3.05) is 68.0 Å². The number of piperazine rings is 1. The molecule has 1 atom stereocenters. The Morgan fingerprint density at radius 2 is 1.71 bits per heavy atom. The molecule has 3 aromatic heterocycles. The molecule has 4 amide bonds. The molecular formula is C39H41N11O5. The van der Waals surface area contributed by atoms with Gasteiger partial charge < -0.3 is 25.2 Å². The molecule has 9 rings (SSSR count). The molecule has 2 aromatic carbocycles. The SMILES string of the molecule is O=C1CCC(c2ccc(N3CCN(C(=O)CN4CCC(n5cc(Nc6ncc(-c7ccc8c(c7)NC(=O)CO8)n7ccnc67)cn5)CC4)CC3)cc2)C(=O)N1. The molecule has 282 valence electrons. The summed E-state index contributed by atoms with van der Waals surface area (Å²) in [4.78, 5) is 64.7. The molecule has 0 saturated carbocycles. The zero-order valence-corrected chi connectivity index (χ0v) is 30.2. The Morgan fingerprint density at radius 3 is 2.51 bits per heavy atom. The first kappa shape index (κ1) is 34.5. The maximum Gasteiger partial charge on any atom is 0.262 e. The Bertz CT molecular complexity index is 2270. The van der Waals surface area contributed by atoms with E-state index in [0.29, 0.717) is 55.4 Å². The van der Waals surface area contributed by atoms with E-state index in [1.54, 1.807) is 18.6 Å². The maximum absolute atomic E-state index is 13.3. The molecule has 16 nitrogen and oxygen atoms in total. The molecule has 3 fully saturated rings. The molecular weight excluding hydrogens is 703 g/mol. The van der Waals surface area contributed by atoms with E-state index in [-0.39, 0.29) is 42.2 Å². The van der Waals surface area contributed by atoms with Gasteiger partial charge in [-0.2, -0.15) is 5.10 Å². The van der Waals surface area contributed by atoms with E-state index >= 15 is 0 Å². The standard InChI is InChI=1S/C39H41N11O5/c51-34-8-6-30(39(54)45-34)25-1-4-28(5-2-25)47-15-17-48(18-16-47)36(53)23-46-12-9-29(10-13-46)50-22-27(20-42-50)43-37-38-40-11-14-49(38)32(21-41-37)26-3-7-33-31(19-26)44-35(52)24-55-33/h1-5,7,11,14,19-22,29-30H,6,8-10,12-13,15-18,23-24H2,(H,41,43)(H,44,52)(H,45,51,54). The van der Waals surface area contributed by atoms with Crippen LogP contribution in [0.5, 0.6) is 5.75 Å². The van der Waals surface area contributed by atoms with E-state index in [1.807, 2.05) is 68.8 Å². The third kappa shape index (κ3) is 7.07. The first-order valence-corrected chi connectivity index (χ1v) is 18.7. The van der Waals surface area contributed by atoms with Gasteiger partial charge in [-0.3, -0.25) is 38.5 Å². The van der Waals surface area contributed by atoms with Crippen LogP contribution in [0.3, 0.4) is 0 Å². The number of nitrogens with one attached hydrogen (secondary N) is 3. The van der Waals surface area contributed by atoms with Gasteiger partial charge in [-0.1, -0.05) is 12.1 Å². The van der Waals surface area contributed by atoms with Crippen molar-refractivity contribution in [2.24, 2.45) is 0 Å². The number of rotatable bonds is 8. The van der Waals surface area contributed by atoms with Crippen LogP contribution in [-0.2, 0) is 19.2 Å². The second-order valence-corrected chi connectivity index (χ2v) is 14.5. The van der Waals surface area contributed by atoms with Crippen molar-refractivity contribution in [3.63, 3.8) is 0 Å². The van der Waals surface area contributed by atoms with E-state index in [2.05, 4.69) is 35.8 Å². The molecule has 0 aliphatic carbocycles. The minimum Gasteiger partial charge on any atom is -0.482 e. The van der Waals surface area contributed by atoms with Gasteiger partial charge in [0.1, 0.15) is 5.75 Å². The van der Waals surface area contributed by atoms with Gasteiger partial charge in [0.25, 0.3) is 5.91 Å². The van der Waals surface area contributed by atoms with Crippen molar-refractivity contribution in [3.05, 3.63) is 79.0 Å². The molecule has 4 aliphatic rings. The summed E-state index contributed by atoms with van der Waals surface area (Å²) in [6.45, 7) is 4.88. The van der Waals surface area contributed by atoms with Crippen LogP contribution in [-0.4, -0.2) is 110 Å². The summed E-state index contributed by atoms with van der Waals surface area (Å²) in [6.07, 6.45) is 11.8. The molecule has 4 aliphatic heterocycles. The second kappa shape index (κ2) is 14.5. The predicted molar refractivity (Wildman–Crippen MR) is 203 cm³/mol. The van der Waals surface area contributed by atoms with Crippen LogP contribution < -0.4 is 25.6 Å². The number of fused-ring (bicyclic) bond motifs is 2. The summed E-state index contributed by atoms with van der Waals surface area (Å²) in [5.74, 6) is 0.479. The number of benzene rings is 2. The minimum absolute atomic E-state index is 0.00732. The molecule has 3 saturated heterocycles. The van der Waals surface area contributed by atoms with Gasteiger partial charge in [-0.25, -0.2) is 9.97 Å². The number of amides is 4. The topological polar surface area (TPSA) is 171 Å². The quantitative estimate of drug-likeness (QED) is 0.200. The van der Waals surface area contributed by atoms with Crippen molar-refractivity contribution in [1.82, 2.24) is 39.3 Å². The number of likely N-dealkylation sites (tertiary alicyclic amines) is 1. The zero-order chi connectivity index (χ0) is 37.5. The van der Waals surface area contributed by atoms with Gasteiger partial charge in [-0.15, -0.1) is 0 Å². The average molecular weight is 744 g/mol.